The van der Waals surface area contributed by atoms with Gasteiger partial charge in [0.1, 0.15) is 5.75 Å². The van der Waals surface area contributed by atoms with Gasteiger partial charge in [0.25, 0.3) is 0 Å². The van der Waals surface area contributed by atoms with Gasteiger partial charge in [-0.15, -0.1) is 0 Å². The Kier molecular flexibility index (Phi) is 13.1. The molecule has 236 valence electrons. The lowest BCUT2D eigenvalue weighted by Crippen LogP contribution is -2.46. The third kappa shape index (κ3) is 9.40. The van der Waals surface area contributed by atoms with E-state index >= 15 is 0 Å². The Balaban J connectivity index is 1.20. The molecule has 2 aromatic carbocycles. The van der Waals surface area contributed by atoms with Crippen molar-refractivity contribution in [3.63, 3.8) is 0 Å². The van der Waals surface area contributed by atoms with Crippen LogP contribution >= 0.6 is 23.2 Å². The predicted molar refractivity (Wildman–Crippen MR) is 175 cm³/mol. The zero-order chi connectivity index (χ0) is 30.6. The molecule has 2 aliphatic rings. The number of unbranched alkanes of at least 4 members (excludes halogenated alkanes) is 4. The normalized spacial score (nSPS) is 15.4. The number of benzene rings is 2. The topological polar surface area (TPSA) is 65.6 Å². The highest BCUT2D eigenvalue weighted by Gasteiger charge is 2.27. The Labute approximate surface area is 266 Å². The summed E-state index contributed by atoms with van der Waals surface area (Å²) >= 11 is 12.6. The average molecular weight is 634 g/mol. The van der Waals surface area contributed by atoms with E-state index < -0.39 is 0 Å². The minimum Gasteiger partial charge on any atom is -0.494 e. The van der Waals surface area contributed by atoms with Gasteiger partial charge in [0.2, 0.25) is 5.91 Å². The smallest absolute Gasteiger partial charge is 0.411 e. The summed E-state index contributed by atoms with van der Waals surface area (Å²) in [7, 11) is 0. The molecule has 0 radical (unpaired) electrons. The SMILES string of the molecule is CCCCCCN(CC)C(=O)OCN1C(=O)CCc2ccc(OCCCCN3CCN(c4cccc(Cl)c4Cl)CC3)cc21. The van der Waals surface area contributed by atoms with Gasteiger partial charge in [0, 0.05) is 51.8 Å². The Hall–Kier alpha value is -2.68. The summed E-state index contributed by atoms with van der Waals surface area (Å²) in [5.74, 6) is 0.684. The molecule has 2 amide bonds. The first kappa shape index (κ1) is 33.2. The van der Waals surface area contributed by atoms with Gasteiger partial charge < -0.3 is 19.3 Å². The zero-order valence-electron chi connectivity index (χ0n) is 25.7. The van der Waals surface area contributed by atoms with Gasteiger partial charge in [-0.1, -0.05) is 61.5 Å². The minimum atomic E-state index is -0.374. The largest absolute Gasteiger partial charge is 0.494 e. The third-order valence-electron chi connectivity index (χ3n) is 8.28. The number of nitrogens with zero attached hydrogens (tertiary/aromatic N) is 4. The Morgan fingerprint density at radius 1 is 0.930 bits per heavy atom. The van der Waals surface area contributed by atoms with Crippen molar-refractivity contribution >= 4 is 46.6 Å². The van der Waals surface area contributed by atoms with Crippen molar-refractivity contribution in [2.24, 2.45) is 0 Å². The lowest BCUT2D eigenvalue weighted by molar-refractivity contribution is -0.119. The van der Waals surface area contributed by atoms with E-state index in [2.05, 4.69) is 16.7 Å². The number of carbonyl (C=O) groups excluding carboxylic acids is 2. The number of aryl methyl sites for hydroxylation is 1. The number of halogens is 2. The predicted octanol–water partition coefficient (Wildman–Crippen LogP) is 7.25. The van der Waals surface area contributed by atoms with E-state index in [-0.39, 0.29) is 18.7 Å². The first-order valence-corrected chi connectivity index (χ1v) is 16.6. The van der Waals surface area contributed by atoms with E-state index in [4.69, 9.17) is 32.7 Å². The van der Waals surface area contributed by atoms with Crippen molar-refractivity contribution in [3.8, 4) is 5.75 Å². The average Bonchev–Trinajstić information content (AvgIpc) is 3.02. The van der Waals surface area contributed by atoms with E-state index in [0.29, 0.717) is 42.6 Å². The monoisotopic (exact) mass is 632 g/mol. The summed E-state index contributed by atoms with van der Waals surface area (Å²) in [6.07, 6.45) is 7.04. The highest BCUT2D eigenvalue weighted by molar-refractivity contribution is 6.43. The van der Waals surface area contributed by atoms with Crippen LogP contribution in [0.3, 0.4) is 0 Å². The summed E-state index contributed by atoms with van der Waals surface area (Å²) in [5.41, 5.74) is 2.84. The van der Waals surface area contributed by atoms with E-state index in [1.165, 1.54) is 0 Å². The molecule has 0 aromatic heterocycles. The van der Waals surface area contributed by atoms with Crippen LogP contribution in [0.25, 0.3) is 0 Å². The maximum Gasteiger partial charge on any atom is 0.411 e. The lowest BCUT2D eigenvalue weighted by Gasteiger charge is -2.36. The van der Waals surface area contributed by atoms with Gasteiger partial charge in [-0.05, 0) is 62.9 Å². The number of amides is 2. The summed E-state index contributed by atoms with van der Waals surface area (Å²) in [4.78, 5) is 33.6. The molecule has 8 nitrogen and oxygen atoms in total. The van der Waals surface area contributed by atoms with Gasteiger partial charge in [-0.25, -0.2) is 4.79 Å². The molecule has 1 saturated heterocycles. The van der Waals surface area contributed by atoms with Crippen molar-refractivity contribution < 1.29 is 19.1 Å². The molecular formula is C33H46Cl2N4O4. The van der Waals surface area contributed by atoms with Gasteiger partial charge >= 0.3 is 6.09 Å². The first-order chi connectivity index (χ1) is 20.9. The van der Waals surface area contributed by atoms with Crippen LogP contribution in [0, 0.1) is 0 Å². The third-order valence-corrected chi connectivity index (χ3v) is 9.09. The Bertz CT molecular complexity index is 1210. The van der Waals surface area contributed by atoms with E-state index in [0.717, 1.165) is 93.9 Å². The van der Waals surface area contributed by atoms with Gasteiger partial charge in [0.05, 0.1) is 28.0 Å². The number of hydrogen-bond acceptors (Lipinski definition) is 6. The number of fused-ring (bicyclic) bond motifs is 1. The Morgan fingerprint density at radius 2 is 1.74 bits per heavy atom. The van der Waals surface area contributed by atoms with Crippen LogP contribution < -0.4 is 14.5 Å². The van der Waals surface area contributed by atoms with Crippen molar-refractivity contribution in [2.45, 2.75) is 65.2 Å². The summed E-state index contributed by atoms with van der Waals surface area (Å²) in [6.45, 7) is 10.7. The maximum absolute atomic E-state index is 12.8. The summed E-state index contributed by atoms with van der Waals surface area (Å²) < 4.78 is 11.7. The van der Waals surface area contributed by atoms with E-state index in [1.807, 2.05) is 43.3 Å². The standard InChI is InChI=1S/C33H46Cl2N4O4/c1-3-5-6-7-18-37(4-2)33(41)43-25-39-30-24-27(15-13-26(30)14-16-31(39)40)42-23-9-8-17-36-19-21-38(22-20-36)29-12-10-11-28(34)32(29)35/h10-13,15,24H,3-9,14,16-23,25H2,1-2H3. The molecule has 0 aliphatic carbocycles. The maximum atomic E-state index is 12.8. The van der Waals surface area contributed by atoms with Crippen LogP contribution in [0.5, 0.6) is 5.75 Å². The molecule has 0 bridgehead atoms. The Morgan fingerprint density at radius 3 is 2.51 bits per heavy atom. The second kappa shape index (κ2) is 17.0. The van der Waals surface area contributed by atoms with Crippen LogP contribution in [0.2, 0.25) is 10.0 Å². The van der Waals surface area contributed by atoms with Gasteiger partial charge in [0.15, 0.2) is 6.73 Å². The highest BCUT2D eigenvalue weighted by atomic mass is 35.5. The van der Waals surface area contributed by atoms with Crippen LogP contribution in [0.15, 0.2) is 36.4 Å². The van der Waals surface area contributed by atoms with E-state index in [1.54, 1.807) is 9.80 Å². The van der Waals surface area contributed by atoms with Gasteiger partial charge in [-0.2, -0.15) is 0 Å². The molecule has 0 N–H and O–H groups in total. The van der Waals surface area contributed by atoms with Crippen molar-refractivity contribution in [2.75, 3.05) is 69.0 Å². The van der Waals surface area contributed by atoms with Crippen molar-refractivity contribution in [1.29, 1.82) is 0 Å². The number of hydrogen-bond donors (Lipinski definition) is 0. The fourth-order valence-corrected chi connectivity index (χ4v) is 6.06. The molecule has 0 atom stereocenters. The fourth-order valence-electron chi connectivity index (χ4n) is 5.64. The second-order valence-corrected chi connectivity index (χ2v) is 12.0. The fraction of sp³-hybridized carbons (Fsp3) is 0.576. The number of rotatable bonds is 15. The molecular weight excluding hydrogens is 587 g/mol. The molecule has 0 unspecified atom stereocenters. The molecule has 43 heavy (non-hydrogen) atoms. The number of anilines is 2. The van der Waals surface area contributed by atoms with Crippen molar-refractivity contribution in [3.05, 3.63) is 52.0 Å². The molecule has 4 rings (SSSR count). The molecule has 10 heteroatoms. The van der Waals surface area contributed by atoms with Crippen LogP contribution in [0.4, 0.5) is 16.2 Å². The second-order valence-electron chi connectivity index (χ2n) is 11.2. The molecule has 0 spiro atoms. The molecule has 0 saturated carbocycles. The first-order valence-electron chi connectivity index (χ1n) is 15.8. The molecule has 1 fully saturated rings. The molecule has 2 aromatic rings. The van der Waals surface area contributed by atoms with Crippen LogP contribution in [0.1, 0.15) is 64.4 Å². The number of carbonyl (C=O) groups is 2. The summed E-state index contributed by atoms with van der Waals surface area (Å²) in [6, 6.07) is 11.7. The number of ether oxygens (including phenoxy) is 2. The van der Waals surface area contributed by atoms with Crippen molar-refractivity contribution in [1.82, 2.24) is 9.80 Å². The lowest BCUT2D eigenvalue weighted by atomic mass is 10.0. The quantitative estimate of drug-likeness (QED) is 0.193. The van der Waals surface area contributed by atoms with Crippen LogP contribution in [-0.4, -0.2) is 81.0 Å². The summed E-state index contributed by atoms with van der Waals surface area (Å²) in [5, 5.41) is 1.22. The van der Waals surface area contributed by atoms with Crippen LogP contribution in [-0.2, 0) is 16.0 Å². The number of piperazine rings is 1. The molecule has 2 aliphatic heterocycles. The zero-order valence-corrected chi connectivity index (χ0v) is 27.2. The highest BCUT2D eigenvalue weighted by Crippen LogP contribution is 2.33. The minimum absolute atomic E-state index is 0.0406. The molecule has 2 heterocycles. The van der Waals surface area contributed by atoms with E-state index in [9.17, 15) is 9.59 Å². The van der Waals surface area contributed by atoms with Gasteiger partial charge in [-0.3, -0.25) is 14.6 Å².